The number of rotatable bonds is 14. The molecule has 11 N–H and O–H groups in total. The van der Waals surface area contributed by atoms with Crippen LogP contribution in [0.25, 0.3) is 0 Å². The van der Waals surface area contributed by atoms with Crippen molar-refractivity contribution in [3.8, 4) is 0 Å². The lowest BCUT2D eigenvalue weighted by Crippen LogP contribution is -2.55. The van der Waals surface area contributed by atoms with Crippen LogP contribution in [0.3, 0.4) is 0 Å². The van der Waals surface area contributed by atoms with Crippen LogP contribution in [0.5, 0.6) is 0 Å². The molecule has 0 spiro atoms. The highest BCUT2D eigenvalue weighted by Crippen LogP contribution is 2.13. The number of nitrogens with two attached hydrogens (primary N) is 2. The van der Waals surface area contributed by atoms with Crippen LogP contribution in [-0.4, -0.2) is 106 Å². The summed E-state index contributed by atoms with van der Waals surface area (Å²) in [4.78, 5) is 76.1. The van der Waals surface area contributed by atoms with Crippen molar-refractivity contribution in [1.29, 1.82) is 0 Å². The van der Waals surface area contributed by atoms with Gasteiger partial charge in [0, 0.05) is 0 Å². The average Bonchev–Trinajstić information content (AvgIpc) is 2.84. The van der Waals surface area contributed by atoms with Crippen molar-refractivity contribution >= 4 is 41.6 Å². The van der Waals surface area contributed by atoms with Gasteiger partial charge in [-0.2, -0.15) is 26.3 Å². The van der Waals surface area contributed by atoms with E-state index in [0.29, 0.717) is 25.8 Å². The van der Waals surface area contributed by atoms with Gasteiger partial charge >= 0.3 is 36.2 Å². The third-order valence-corrected chi connectivity index (χ3v) is 4.48. The Balaban J connectivity index is -0.000000933. The summed E-state index contributed by atoms with van der Waals surface area (Å²) in [5.74, 6) is -11.0. The first-order chi connectivity index (χ1) is 19.4. The summed E-state index contributed by atoms with van der Waals surface area (Å²) in [7, 11) is 0. The van der Waals surface area contributed by atoms with Crippen LogP contribution in [0.2, 0.25) is 0 Å². The molecule has 43 heavy (non-hydrogen) atoms. The number of unbranched alkanes of at least 4 members (excludes halogenated alkanes) is 1. The Morgan fingerprint density at radius 1 is 0.767 bits per heavy atom. The second-order valence-corrected chi connectivity index (χ2v) is 8.50. The largest absolute Gasteiger partial charge is 0.490 e. The summed E-state index contributed by atoms with van der Waals surface area (Å²) in [6.07, 6.45) is -9.17. The topological polar surface area (TPSA) is 289 Å². The zero-order valence-electron chi connectivity index (χ0n) is 22.6. The molecule has 3 amide bonds. The first kappa shape index (κ1) is 43.2. The minimum atomic E-state index is -5.08. The summed E-state index contributed by atoms with van der Waals surface area (Å²) in [6, 6.07) is -3.58. The first-order valence-corrected chi connectivity index (χ1v) is 11.8. The van der Waals surface area contributed by atoms with E-state index in [1.807, 2.05) is 0 Å². The summed E-state index contributed by atoms with van der Waals surface area (Å²) in [5, 5.41) is 39.0. The number of alkyl halides is 6. The quantitative estimate of drug-likeness (QED) is 0.0811. The third-order valence-electron chi connectivity index (χ3n) is 4.48. The van der Waals surface area contributed by atoms with E-state index in [-0.39, 0.29) is 0 Å². The van der Waals surface area contributed by atoms with E-state index >= 15 is 0 Å². The zero-order valence-corrected chi connectivity index (χ0v) is 22.6. The Hall–Kier alpha value is -4.21. The minimum absolute atomic E-state index is 0.389. The smallest absolute Gasteiger partial charge is 0.481 e. The molecule has 0 unspecified atom stereocenters. The Kier molecular flexibility index (Phi) is 20.8. The summed E-state index contributed by atoms with van der Waals surface area (Å²) in [5.41, 5.74) is 11.0. The molecule has 0 bridgehead atoms. The van der Waals surface area contributed by atoms with Crippen LogP contribution in [0.4, 0.5) is 26.3 Å². The molecule has 0 saturated carbocycles. The van der Waals surface area contributed by atoms with Gasteiger partial charge in [0.15, 0.2) is 0 Å². The lowest BCUT2D eigenvalue weighted by molar-refractivity contribution is -0.193. The molecule has 0 aromatic carbocycles. The van der Waals surface area contributed by atoms with E-state index in [2.05, 4.69) is 16.0 Å². The lowest BCUT2D eigenvalue weighted by atomic mass is 10.0. The number of aliphatic carboxylic acids is 4. The number of halogens is 6. The molecule has 3 atom stereocenters. The normalized spacial score (nSPS) is 13.0. The van der Waals surface area contributed by atoms with Gasteiger partial charge in [0.05, 0.1) is 19.0 Å². The van der Waals surface area contributed by atoms with Gasteiger partial charge in [-0.1, -0.05) is 20.3 Å². The van der Waals surface area contributed by atoms with Crippen LogP contribution in [-0.2, 0) is 33.6 Å². The predicted molar refractivity (Wildman–Crippen MR) is 130 cm³/mol. The Labute approximate surface area is 239 Å². The molecule has 0 aromatic heterocycles. The molecule has 0 aliphatic carbocycles. The van der Waals surface area contributed by atoms with E-state index in [0.717, 1.165) is 0 Å². The number of carboxylic acids is 4. The second-order valence-electron chi connectivity index (χ2n) is 8.50. The van der Waals surface area contributed by atoms with Crippen molar-refractivity contribution in [2.45, 2.75) is 70.0 Å². The summed E-state index contributed by atoms with van der Waals surface area (Å²) < 4.78 is 63.5. The Bertz CT molecular complexity index is 937. The van der Waals surface area contributed by atoms with Gasteiger partial charge in [-0.15, -0.1) is 0 Å². The lowest BCUT2D eigenvalue weighted by Gasteiger charge is -2.22. The second kappa shape index (κ2) is 20.6. The number of carbonyl (C=O) groups is 7. The van der Waals surface area contributed by atoms with Crippen LogP contribution in [0.15, 0.2) is 0 Å². The van der Waals surface area contributed by atoms with E-state index in [1.54, 1.807) is 13.8 Å². The van der Waals surface area contributed by atoms with Crippen LogP contribution < -0.4 is 27.4 Å². The zero-order chi connectivity index (χ0) is 34.7. The molecule has 16 nitrogen and oxygen atoms in total. The molecule has 0 rings (SSSR count). The standard InChI is InChI=1S/C17H31N5O7.2C2HF3O2/c1-9(2)14(17(28)29)22-16(27)11(7-13(24)25)21-12(23)8-20-15(26)10(19)5-3-4-6-18;2*3-2(4,5)1(6)7/h9-11,14H,3-8,18-19H2,1-2H3,(H,20,26)(H,21,23)(H,22,27)(H,24,25)(H,28,29);2*(H,6,7)/t10-,11-,14-;;/m0../s1. The van der Waals surface area contributed by atoms with Crippen LogP contribution in [0.1, 0.15) is 39.5 Å². The third kappa shape index (κ3) is 23.1. The van der Waals surface area contributed by atoms with Crippen molar-refractivity contribution in [2.75, 3.05) is 13.1 Å². The highest BCUT2D eigenvalue weighted by atomic mass is 19.4. The van der Waals surface area contributed by atoms with Gasteiger partial charge in [-0.05, 0) is 25.3 Å². The predicted octanol–water partition coefficient (Wildman–Crippen LogP) is -0.990. The SMILES string of the molecule is CC(C)[C@H](NC(=O)[C@H](CC(=O)O)NC(=O)CNC(=O)[C@@H](N)CCCCN)C(=O)O.O=C(O)C(F)(F)F.O=C(O)C(F)(F)F. The number of hydrogen-bond acceptors (Lipinski definition) is 9. The van der Waals surface area contributed by atoms with Gasteiger partial charge in [0.2, 0.25) is 17.7 Å². The molecule has 0 radical (unpaired) electrons. The summed E-state index contributed by atoms with van der Waals surface area (Å²) in [6.45, 7) is 3.09. The van der Waals surface area contributed by atoms with Gasteiger partial charge in [-0.3, -0.25) is 19.2 Å². The number of hydrogen-bond donors (Lipinski definition) is 9. The summed E-state index contributed by atoms with van der Waals surface area (Å²) >= 11 is 0. The van der Waals surface area contributed by atoms with Crippen LogP contribution >= 0.6 is 0 Å². The molecule has 22 heteroatoms. The Morgan fingerprint density at radius 2 is 1.21 bits per heavy atom. The highest BCUT2D eigenvalue weighted by Gasteiger charge is 2.39. The highest BCUT2D eigenvalue weighted by molar-refractivity contribution is 5.94. The van der Waals surface area contributed by atoms with Crippen molar-refractivity contribution in [3.05, 3.63) is 0 Å². The van der Waals surface area contributed by atoms with E-state index < -0.39 is 91.0 Å². The number of carbonyl (C=O) groups excluding carboxylic acids is 3. The Morgan fingerprint density at radius 3 is 1.53 bits per heavy atom. The molecule has 0 saturated heterocycles. The van der Waals surface area contributed by atoms with Crippen molar-refractivity contribution in [2.24, 2.45) is 17.4 Å². The first-order valence-electron chi connectivity index (χ1n) is 11.8. The van der Waals surface area contributed by atoms with E-state index in [1.165, 1.54) is 0 Å². The molecule has 0 aliphatic heterocycles. The maximum Gasteiger partial charge on any atom is 0.490 e. The monoisotopic (exact) mass is 645 g/mol. The van der Waals surface area contributed by atoms with Crippen molar-refractivity contribution in [3.63, 3.8) is 0 Å². The van der Waals surface area contributed by atoms with Crippen LogP contribution in [0, 0.1) is 5.92 Å². The molecule has 0 fully saturated rings. The average molecular weight is 646 g/mol. The molecule has 0 heterocycles. The maximum absolute atomic E-state index is 12.3. The van der Waals surface area contributed by atoms with E-state index in [4.69, 9.17) is 41.5 Å². The fraction of sp³-hybridized carbons (Fsp3) is 0.667. The maximum atomic E-state index is 12.3. The van der Waals surface area contributed by atoms with E-state index in [9.17, 15) is 50.3 Å². The van der Waals surface area contributed by atoms with Gasteiger partial charge in [0.25, 0.3) is 0 Å². The van der Waals surface area contributed by atoms with Gasteiger partial charge in [-0.25, -0.2) is 14.4 Å². The number of nitrogens with one attached hydrogen (secondary N) is 3. The molecular weight excluding hydrogens is 612 g/mol. The molecular formula is C21H33F6N5O11. The molecule has 0 aliphatic rings. The number of amides is 3. The van der Waals surface area contributed by atoms with Gasteiger partial charge < -0.3 is 47.8 Å². The molecule has 0 aromatic rings. The minimum Gasteiger partial charge on any atom is -0.481 e. The molecule has 250 valence electrons. The van der Waals surface area contributed by atoms with Crippen molar-refractivity contribution < 1.29 is 80.3 Å². The fourth-order valence-corrected chi connectivity index (χ4v) is 2.33. The van der Waals surface area contributed by atoms with Gasteiger partial charge in [0.1, 0.15) is 12.1 Å². The van der Waals surface area contributed by atoms with Crippen molar-refractivity contribution in [1.82, 2.24) is 16.0 Å². The number of carboxylic acid groups (broad SMARTS) is 4. The fourth-order valence-electron chi connectivity index (χ4n) is 2.33.